The lowest BCUT2D eigenvalue weighted by molar-refractivity contribution is -0.144. The Bertz CT molecular complexity index is 352. The van der Waals surface area contributed by atoms with E-state index in [1.807, 2.05) is 0 Å². The summed E-state index contributed by atoms with van der Waals surface area (Å²) in [5.41, 5.74) is 0. The zero-order valence-electron chi connectivity index (χ0n) is 12.7. The summed E-state index contributed by atoms with van der Waals surface area (Å²) in [6.07, 6.45) is 8.71. The normalized spacial score (nSPS) is 29.8. The van der Waals surface area contributed by atoms with Crippen LogP contribution in [0, 0.1) is 11.8 Å². The molecule has 0 spiro atoms. The summed E-state index contributed by atoms with van der Waals surface area (Å²) >= 11 is 0. The zero-order valence-corrected chi connectivity index (χ0v) is 12.7. The van der Waals surface area contributed by atoms with E-state index in [0.717, 1.165) is 38.7 Å². The number of carbonyl (C=O) groups excluding carboxylic acids is 1. The van der Waals surface area contributed by atoms with Crippen LogP contribution in [0.1, 0.15) is 57.8 Å². The fourth-order valence-electron chi connectivity index (χ4n) is 3.37. The minimum atomic E-state index is -0.762. The monoisotopic (exact) mass is 297 g/mol. The first-order chi connectivity index (χ1) is 10.2. The molecule has 1 aliphatic heterocycles. The SMILES string of the molecule is O=C(O)C1CCCC(C(=O)NCCCC2CCCCO2)C1. The summed E-state index contributed by atoms with van der Waals surface area (Å²) in [6, 6.07) is 0. The second kappa shape index (κ2) is 8.37. The highest BCUT2D eigenvalue weighted by Gasteiger charge is 2.30. The Kier molecular flexibility index (Phi) is 6.49. The van der Waals surface area contributed by atoms with Gasteiger partial charge in [0, 0.05) is 19.1 Å². The number of nitrogens with one attached hydrogen (secondary N) is 1. The second-order valence-corrected chi connectivity index (χ2v) is 6.32. The van der Waals surface area contributed by atoms with Gasteiger partial charge in [0.1, 0.15) is 0 Å². The quantitative estimate of drug-likeness (QED) is 0.738. The fourth-order valence-corrected chi connectivity index (χ4v) is 3.37. The Morgan fingerprint density at radius 1 is 1.10 bits per heavy atom. The van der Waals surface area contributed by atoms with E-state index in [-0.39, 0.29) is 17.7 Å². The molecule has 21 heavy (non-hydrogen) atoms. The molecule has 0 bridgehead atoms. The van der Waals surface area contributed by atoms with Crippen LogP contribution in [0.15, 0.2) is 0 Å². The summed E-state index contributed by atoms with van der Waals surface area (Å²) < 4.78 is 5.66. The average Bonchev–Trinajstić information content (AvgIpc) is 2.52. The van der Waals surface area contributed by atoms with E-state index in [0.29, 0.717) is 25.5 Å². The summed E-state index contributed by atoms with van der Waals surface area (Å²) in [4.78, 5) is 23.1. The molecule has 2 rings (SSSR count). The van der Waals surface area contributed by atoms with Gasteiger partial charge in [0.25, 0.3) is 0 Å². The van der Waals surface area contributed by atoms with Gasteiger partial charge in [-0.25, -0.2) is 0 Å². The van der Waals surface area contributed by atoms with Crippen molar-refractivity contribution in [2.75, 3.05) is 13.2 Å². The van der Waals surface area contributed by atoms with Crippen LogP contribution < -0.4 is 5.32 Å². The maximum atomic E-state index is 12.1. The van der Waals surface area contributed by atoms with Crippen LogP contribution in [0.4, 0.5) is 0 Å². The molecule has 120 valence electrons. The Morgan fingerprint density at radius 2 is 1.90 bits per heavy atom. The van der Waals surface area contributed by atoms with Gasteiger partial charge >= 0.3 is 5.97 Å². The van der Waals surface area contributed by atoms with Crippen molar-refractivity contribution in [2.45, 2.75) is 63.9 Å². The Balaban J connectivity index is 1.61. The van der Waals surface area contributed by atoms with Crippen LogP contribution in [-0.4, -0.2) is 36.2 Å². The van der Waals surface area contributed by atoms with Crippen molar-refractivity contribution in [2.24, 2.45) is 11.8 Å². The topological polar surface area (TPSA) is 75.6 Å². The van der Waals surface area contributed by atoms with Crippen molar-refractivity contribution < 1.29 is 19.4 Å². The first kappa shape index (κ1) is 16.3. The molecule has 5 nitrogen and oxygen atoms in total. The highest BCUT2D eigenvalue weighted by Crippen LogP contribution is 2.29. The summed E-state index contributed by atoms with van der Waals surface area (Å²) in [7, 11) is 0. The molecule has 0 aromatic rings. The zero-order chi connectivity index (χ0) is 15.1. The maximum Gasteiger partial charge on any atom is 0.306 e. The fraction of sp³-hybridized carbons (Fsp3) is 0.875. The number of hydrogen-bond donors (Lipinski definition) is 2. The third kappa shape index (κ3) is 5.30. The van der Waals surface area contributed by atoms with Gasteiger partial charge < -0.3 is 15.2 Å². The van der Waals surface area contributed by atoms with Crippen LogP contribution in [0.3, 0.4) is 0 Å². The van der Waals surface area contributed by atoms with Gasteiger partial charge in [0.2, 0.25) is 5.91 Å². The number of amides is 1. The molecule has 5 heteroatoms. The first-order valence-corrected chi connectivity index (χ1v) is 8.29. The summed E-state index contributed by atoms with van der Waals surface area (Å²) in [5.74, 6) is -1.19. The molecule has 1 aliphatic carbocycles. The van der Waals surface area contributed by atoms with E-state index in [2.05, 4.69) is 5.32 Å². The van der Waals surface area contributed by atoms with Gasteiger partial charge in [-0.05, 0) is 51.4 Å². The highest BCUT2D eigenvalue weighted by atomic mass is 16.5. The molecule has 1 amide bonds. The van der Waals surface area contributed by atoms with Crippen LogP contribution >= 0.6 is 0 Å². The molecule has 1 saturated heterocycles. The Hall–Kier alpha value is -1.10. The number of carboxylic acid groups (broad SMARTS) is 1. The predicted molar refractivity (Wildman–Crippen MR) is 78.9 cm³/mol. The number of carbonyl (C=O) groups is 2. The molecule has 0 aromatic heterocycles. The number of carboxylic acids is 1. The molecule has 2 fully saturated rings. The van der Waals surface area contributed by atoms with Gasteiger partial charge in [-0.3, -0.25) is 9.59 Å². The molecule has 0 aromatic carbocycles. The van der Waals surface area contributed by atoms with E-state index in [1.165, 1.54) is 12.8 Å². The largest absolute Gasteiger partial charge is 0.481 e. The van der Waals surface area contributed by atoms with Crippen LogP contribution in [-0.2, 0) is 14.3 Å². The summed E-state index contributed by atoms with van der Waals surface area (Å²) in [5, 5.41) is 12.0. The molecule has 3 atom stereocenters. The van der Waals surface area contributed by atoms with E-state index < -0.39 is 5.97 Å². The van der Waals surface area contributed by atoms with E-state index >= 15 is 0 Å². The van der Waals surface area contributed by atoms with Crippen molar-refractivity contribution in [3.05, 3.63) is 0 Å². The van der Waals surface area contributed by atoms with Gasteiger partial charge in [-0.15, -0.1) is 0 Å². The molecule has 1 saturated carbocycles. The molecule has 2 N–H and O–H groups in total. The van der Waals surface area contributed by atoms with E-state index in [4.69, 9.17) is 9.84 Å². The molecule has 3 unspecified atom stereocenters. The van der Waals surface area contributed by atoms with Gasteiger partial charge in [0.15, 0.2) is 0 Å². The van der Waals surface area contributed by atoms with Crippen molar-refractivity contribution in [1.29, 1.82) is 0 Å². The molecular formula is C16H27NO4. The number of ether oxygens (including phenoxy) is 1. The third-order valence-electron chi connectivity index (χ3n) is 4.67. The number of rotatable bonds is 6. The smallest absolute Gasteiger partial charge is 0.306 e. The van der Waals surface area contributed by atoms with Crippen molar-refractivity contribution in [1.82, 2.24) is 5.32 Å². The van der Waals surface area contributed by atoms with Gasteiger partial charge in [-0.1, -0.05) is 6.42 Å². The number of aliphatic carboxylic acids is 1. The summed E-state index contributed by atoms with van der Waals surface area (Å²) in [6.45, 7) is 1.54. The van der Waals surface area contributed by atoms with E-state index in [9.17, 15) is 9.59 Å². The molecule has 1 heterocycles. The maximum absolute atomic E-state index is 12.1. The molecule has 0 radical (unpaired) electrons. The number of hydrogen-bond acceptors (Lipinski definition) is 3. The lowest BCUT2D eigenvalue weighted by Crippen LogP contribution is -2.36. The van der Waals surface area contributed by atoms with Crippen LogP contribution in [0.25, 0.3) is 0 Å². The van der Waals surface area contributed by atoms with Crippen LogP contribution in [0.2, 0.25) is 0 Å². The minimum Gasteiger partial charge on any atom is -0.481 e. The highest BCUT2D eigenvalue weighted by molar-refractivity contribution is 5.80. The minimum absolute atomic E-state index is 0.0329. The standard InChI is InChI=1S/C16H27NO4/c18-15(12-5-3-6-13(11-12)16(19)20)17-9-4-8-14-7-1-2-10-21-14/h12-14H,1-11H2,(H,17,18)(H,19,20). The first-order valence-electron chi connectivity index (χ1n) is 8.29. The lowest BCUT2D eigenvalue weighted by atomic mass is 9.81. The van der Waals surface area contributed by atoms with Gasteiger partial charge in [-0.2, -0.15) is 0 Å². The lowest BCUT2D eigenvalue weighted by Gasteiger charge is -2.26. The second-order valence-electron chi connectivity index (χ2n) is 6.32. The van der Waals surface area contributed by atoms with Crippen molar-refractivity contribution >= 4 is 11.9 Å². The Morgan fingerprint density at radius 3 is 2.62 bits per heavy atom. The van der Waals surface area contributed by atoms with Crippen molar-refractivity contribution in [3.8, 4) is 0 Å². The predicted octanol–water partition coefficient (Wildman–Crippen LogP) is 2.34. The molecular weight excluding hydrogens is 270 g/mol. The van der Waals surface area contributed by atoms with Crippen LogP contribution in [0.5, 0.6) is 0 Å². The molecule has 2 aliphatic rings. The average molecular weight is 297 g/mol. The van der Waals surface area contributed by atoms with E-state index in [1.54, 1.807) is 0 Å². The Labute approximate surface area is 126 Å². The van der Waals surface area contributed by atoms with Gasteiger partial charge in [0.05, 0.1) is 12.0 Å². The van der Waals surface area contributed by atoms with Crippen molar-refractivity contribution in [3.63, 3.8) is 0 Å². The third-order valence-corrected chi connectivity index (χ3v) is 4.67.